The minimum Gasteiger partial charge on any atom is -0.316 e. The van der Waals surface area contributed by atoms with Gasteiger partial charge in [0.1, 0.15) is 9.84 Å². The third-order valence-corrected chi connectivity index (χ3v) is 7.15. The molecule has 114 valence electrons. The highest BCUT2D eigenvalue weighted by atomic mass is 32.2. The summed E-state index contributed by atoms with van der Waals surface area (Å²) in [5.74, 6) is 1.51. The molecule has 1 fully saturated rings. The molecule has 0 aliphatic heterocycles. The molecule has 6 heteroatoms. The maximum Gasteiger partial charge on any atom is 0.148 e. The highest BCUT2D eigenvalue weighted by Crippen LogP contribution is 2.32. The number of rotatable bonds is 6. The highest BCUT2D eigenvalue weighted by Gasteiger charge is 2.34. The molecule has 1 aliphatic rings. The lowest BCUT2D eigenvalue weighted by atomic mass is 9.79. The number of hydrogen-bond acceptors (Lipinski definition) is 4. The van der Waals surface area contributed by atoms with Crippen molar-refractivity contribution in [1.82, 2.24) is 5.32 Å². The molecule has 19 heavy (non-hydrogen) atoms. The summed E-state index contributed by atoms with van der Waals surface area (Å²) >= 11 is 0. The fourth-order valence-corrected chi connectivity index (χ4v) is 6.04. The Bertz CT molecular complexity index is 406. The summed E-state index contributed by atoms with van der Waals surface area (Å²) in [6.45, 7) is 4.42. The van der Waals surface area contributed by atoms with Gasteiger partial charge in [-0.3, -0.25) is 4.21 Å². The number of sulfone groups is 1. The molecule has 0 aromatic rings. The lowest BCUT2D eigenvalue weighted by molar-refractivity contribution is 0.249. The molecule has 1 N–H and O–H groups in total. The van der Waals surface area contributed by atoms with Crippen LogP contribution in [0.5, 0.6) is 0 Å². The first kappa shape index (κ1) is 17.1. The molecule has 0 heterocycles. The van der Waals surface area contributed by atoms with E-state index in [1.807, 2.05) is 7.05 Å². The van der Waals surface area contributed by atoms with E-state index in [0.29, 0.717) is 11.8 Å². The van der Waals surface area contributed by atoms with Gasteiger partial charge in [0.15, 0.2) is 0 Å². The van der Waals surface area contributed by atoms with Crippen LogP contribution in [0.1, 0.15) is 33.1 Å². The van der Waals surface area contributed by atoms with Crippen LogP contribution in [0.4, 0.5) is 0 Å². The molecule has 0 radical (unpaired) electrons. The average Bonchev–Trinajstić information content (AvgIpc) is 2.34. The lowest BCUT2D eigenvalue weighted by Gasteiger charge is -2.37. The smallest absolute Gasteiger partial charge is 0.148 e. The van der Waals surface area contributed by atoms with Gasteiger partial charge in [-0.1, -0.05) is 13.8 Å². The third-order valence-electron chi connectivity index (χ3n) is 4.14. The average molecular weight is 309 g/mol. The Kier molecular flexibility index (Phi) is 6.47. The molecule has 4 unspecified atom stereocenters. The van der Waals surface area contributed by atoms with E-state index >= 15 is 0 Å². The quantitative estimate of drug-likeness (QED) is 0.800. The predicted octanol–water partition coefficient (Wildman–Crippen LogP) is 1.19. The van der Waals surface area contributed by atoms with E-state index in [4.69, 9.17) is 0 Å². The maximum atomic E-state index is 12.4. The van der Waals surface area contributed by atoms with Crippen LogP contribution in [0.2, 0.25) is 0 Å². The van der Waals surface area contributed by atoms with Crippen LogP contribution in [0.15, 0.2) is 0 Å². The van der Waals surface area contributed by atoms with E-state index < -0.39 is 20.6 Å². The summed E-state index contributed by atoms with van der Waals surface area (Å²) in [7, 11) is -2.18. The molecule has 0 spiro atoms. The second-order valence-corrected chi connectivity index (χ2v) is 10.0. The van der Waals surface area contributed by atoms with Gasteiger partial charge in [-0.15, -0.1) is 0 Å². The summed E-state index contributed by atoms with van der Waals surface area (Å²) < 4.78 is 34.8. The predicted molar refractivity (Wildman–Crippen MR) is 81.5 cm³/mol. The Morgan fingerprint density at radius 2 is 1.95 bits per heavy atom. The molecule has 0 aromatic heterocycles. The normalized spacial score (nSPS) is 30.5. The van der Waals surface area contributed by atoms with Crippen molar-refractivity contribution >= 4 is 20.6 Å². The summed E-state index contributed by atoms with van der Waals surface area (Å²) in [4.78, 5) is 0. The van der Waals surface area contributed by atoms with Crippen molar-refractivity contribution in [3.05, 3.63) is 0 Å². The van der Waals surface area contributed by atoms with Gasteiger partial charge in [0.05, 0.1) is 11.0 Å². The van der Waals surface area contributed by atoms with E-state index in [-0.39, 0.29) is 22.8 Å². The van der Waals surface area contributed by atoms with Gasteiger partial charge in [0.2, 0.25) is 0 Å². The second kappa shape index (κ2) is 7.18. The zero-order valence-corrected chi connectivity index (χ0v) is 14.0. The summed E-state index contributed by atoms with van der Waals surface area (Å²) in [6.07, 6.45) is 4.36. The van der Waals surface area contributed by atoms with Gasteiger partial charge < -0.3 is 5.32 Å². The Hall–Kier alpha value is 0.0600. The third kappa shape index (κ3) is 5.52. The monoisotopic (exact) mass is 309 g/mol. The molecule has 4 nitrogen and oxygen atoms in total. The highest BCUT2D eigenvalue weighted by molar-refractivity contribution is 7.92. The molecule has 0 amide bonds. The van der Waals surface area contributed by atoms with E-state index in [2.05, 4.69) is 19.2 Å². The van der Waals surface area contributed by atoms with Crippen molar-refractivity contribution in [2.45, 2.75) is 44.4 Å². The van der Waals surface area contributed by atoms with Crippen LogP contribution in [0, 0.1) is 11.8 Å². The molecule has 4 atom stereocenters. The van der Waals surface area contributed by atoms with Gasteiger partial charge in [-0.05, 0) is 38.1 Å². The van der Waals surface area contributed by atoms with Crippen molar-refractivity contribution < 1.29 is 12.6 Å². The van der Waals surface area contributed by atoms with Crippen LogP contribution < -0.4 is 5.32 Å². The van der Waals surface area contributed by atoms with E-state index in [1.54, 1.807) is 0 Å². The first-order valence-corrected chi connectivity index (χ1v) is 10.4. The van der Waals surface area contributed by atoms with E-state index in [1.165, 1.54) is 12.7 Å². The first-order chi connectivity index (χ1) is 8.74. The van der Waals surface area contributed by atoms with Crippen molar-refractivity contribution in [3.8, 4) is 0 Å². The minimum absolute atomic E-state index is 0.0267. The summed E-state index contributed by atoms with van der Waals surface area (Å²) in [5, 5.41) is 3.34. The molecule has 0 aromatic carbocycles. The summed E-state index contributed by atoms with van der Waals surface area (Å²) in [5.41, 5.74) is 0. The molecule has 1 rings (SSSR count). The van der Waals surface area contributed by atoms with Crippen LogP contribution in [-0.2, 0) is 20.6 Å². The fourth-order valence-electron chi connectivity index (χ4n) is 2.77. The van der Waals surface area contributed by atoms with Gasteiger partial charge in [0.25, 0.3) is 0 Å². The largest absolute Gasteiger partial charge is 0.316 e. The molecular weight excluding hydrogens is 282 g/mol. The van der Waals surface area contributed by atoms with Crippen LogP contribution >= 0.6 is 0 Å². The Balaban J connectivity index is 2.66. The number of hydrogen-bond donors (Lipinski definition) is 1. The van der Waals surface area contributed by atoms with E-state index in [9.17, 15) is 12.6 Å². The molecule has 1 saturated carbocycles. The van der Waals surface area contributed by atoms with Gasteiger partial charge in [-0.25, -0.2) is 8.42 Å². The topological polar surface area (TPSA) is 63.2 Å². The Labute approximate surface area is 120 Å². The Morgan fingerprint density at radius 1 is 1.32 bits per heavy atom. The van der Waals surface area contributed by atoms with Crippen LogP contribution in [0.25, 0.3) is 0 Å². The standard InChI is InChI=1S/C13H27NO3S2/c1-10(2)11-5-6-12(14-3)13(9-11)18(15)7-8-19(4,16)17/h10-14H,5-9H2,1-4H3. The minimum atomic E-state index is -3.03. The van der Waals surface area contributed by atoms with Gasteiger partial charge in [0, 0.05) is 28.9 Å². The van der Waals surface area contributed by atoms with E-state index in [0.717, 1.165) is 12.8 Å². The van der Waals surface area contributed by atoms with Crippen molar-refractivity contribution in [1.29, 1.82) is 0 Å². The molecule has 1 aliphatic carbocycles. The van der Waals surface area contributed by atoms with Crippen molar-refractivity contribution in [2.24, 2.45) is 11.8 Å². The molecule has 0 saturated heterocycles. The number of nitrogens with one attached hydrogen (secondary N) is 1. The fraction of sp³-hybridized carbons (Fsp3) is 1.00. The Morgan fingerprint density at radius 3 is 2.42 bits per heavy atom. The molecular formula is C13H27NO3S2. The lowest BCUT2D eigenvalue weighted by Crippen LogP contribution is -2.46. The van der Waals surface area contributed by atoms with Gasteiger partial charge in [-0.2, -0.15) is 0 Å². The second-order valence-electron chi connectivity index (χ2n) is 5.97. The maximum absolute atomic E-state index is 12.4. The van der Waals surface area contributed by atoms with Crippen molar-refractivity contribution in [3.63, 3.8) is 0 Å². The van der Waals surface area contributed by atoms with Crippen LogP contribution in [-0.4, -0.2) is 48.7 Å². The SMILES string of the molecule is CNC1CCC(C(C)C)CC1S(=O)CCS(C)(=O)=O. The van der Waals surface area contributed by atoms with Crippen LogP contribution in [0.3, 0.4) is 0 Å². The van der Waals surface area contributed by atoms with Crippen molar-refractivity contribution in [2.75, 3.05) is 24.8 Å². The summed E-state index contributed by atoms with van der Waals surface area (Å²) in [6, 6.07) is 0.260. The zero-order chi connectivity index (χ0) is 14.6. The zero-order valence-electron chi connectivity index (χ0n) is 12.4. The molecule has 0 bridgehead atoms. The van der Waals surface area contributed by atoms with Gasteiger partial charge >= 0.3 is 0 Å². The first-order valence-electron chi connectivity index (χ1n) is 6.96.